The number of aliphatic hydroxyl groups excluding tert-OH is 1. The Labute approximate surface area is 136 Å². The van der Waals surface area contributed by atoms with Crippen LogP contribution in [0.5, 0.6) is 0 Å². The number of ether oxygens (including phenoxy) is 1. The van der Waals surface area contributed by atoms with Gasteiger partial charge in [-0.1, -0.05) is 32.0 Å². The Balaban J connectivity index is 2.08. The lowest BCUT2D eigenvalue weighted by Gasteiger charge is -2.30. The number of rotatable bonds is 7. The summed E-state index contributed by atoms with van der Waals surface area (Å²) >= 11 is 0. The minimum atomic E-state index is -0.761. The van der Waals surface area contributed by atoms with Crippen LogP contribution in [0.25, 0.3) is 0 Å². The summed E-state index contributed by atoms with van der Waals surface area (Å²) in [5.74, 6) is -0.406. The zero-order valence-corrected chi connectivity index (χ0v) is 13.8. The molecule has 0 saturated carbocycles. The summed E-state index contributed by atoms with van der Waals surface area (Å²) in [7, 11) is 1.49. The highest BCUT2D eigenvalue weighted by Crippen LogP contribution is 2.26. The molecule has 0 spiro atoms. The Morgan fingerprint density at radius 2 is 2.09 bits per heavy atom. The molecule has 0 aliphatic carbocycles. The predicted molar refractivity (Wildman–Crippen MR) is 85.8 cm³/mol. The van der Waals surface area contributed by atoms with Crippen LogP contribution in [-0.2, 0) is 16.1 Å². The maximum atomic E-state index is 12.6. The van der Waals surface area contributed by atoms with Crippen LogP contribution in [0.15, 0.2) is 24.3 Å². The summed E-state index contributed by atoms with van der Waals surface area (Å²) in [5, 5.41) is 12.4. The Kier molecular flexibility index (Phi) is 5.74. The number of nitrogens with one attached hydrogen (secondary N) is 1. The standard InChI is InChI=1S/C17H24N2O4/c1-11(2)15(16(21)18-8-13(20)10-23-3)19-9-12-6-4-5-7-14(12)17(19)22/h4-7,11,13,15,20H,8-10H2,1-3H3,(H,18,21)/t13-,15-/m1/s1. The van der Waals surface area contributed by atoms with E-state index in [1.807, 2.05) is 32.0 Å². The fourth-order valence-electron chi connectivity index (χ4n) is 2.88. The average Bonchev–Trinajstić information content (AvgIpc) is 2.83. The zero-order chi connectivity index (χ0) is 17.0. The molecular formula is C17H24N2O4. The van der Waals surface area contributed by atoms with Gasteiger partial charge in [-0.3, -0.25) is 9.59 Å². The lowest BCUT2D eigenvalue weighted by Crippen LogP contribution is -2.51. The number of amides is 2. The van der Waals surface area contributed by atoms with E-state index in [4.69, 9.17) is 4.74 Å². The first kappa shape index (κ1) is 17.4. The molecule has 1 heterocycles. The molecule has 2 amide bonds. The molecule has 23 heavy (non-hydrogen) atoms. The third-order valence-corrected chi connectivity index (χ3v) is 3.96. The van der Waals surface area contributed by atoms with Crippen molar-refractivity contribution in [2.75, 3.05) is 20.3 Å². The number of hydrogen-bond donors (Lipinski definition) is 2. The van der Waals surface area contributed by atoms with Crippen LogP contribution < -0.4 is 5.32 Å². The molecule has 2 rings (SSSR count). The molecular weight excluding hydrogens is 296 g/mol. The van der Waals surface area contributed by atoms with Gasteiger partial charge < -0.3 is 20.1 Å². The monoisotopic (exact) mass is 320 g/mol. The van der Waals surface area contributed by atoms with Crippen LogP contribution in [0.4, 0.5) is 0 Å². The van der Waals surface area contributed by atoms with Crippen molar-refractivity contribution < 1.29 is 19.4 Å². The van der Waals surface area contributed by atoms with Crippen molar-refractivity contribution in [3.63, 3.8) is 0 Å². The summed E-state index contributed by atoms with van der Waals surface area (Å²) in [6.07, 6.45) is -0.761. The van der Waals surface area contributed by atoms with Crippen LogP contribution in [0.2, 0.25) is 0 Å². The van der Waals surface area contributed by atoms with E-state index in [-0.39, 0.29) is 30.9 Å². The molecule has 0 radical (unpaired) electrons. The van der Waals surface area contributed by atoms with E-state index in [1.165, 1.54) is 7.11 Å². The van der Waals surface area contributed by atoms with Crippen LogP contribution >= 0.6 is 0 Å². The Bertz CT molecular complexity index is 573. The lowest BCUT2D eigenvalue weighted by molar-refractivity contribution is -0.127. The second-order valence-corrected chi connectivity index (χ2v) is 6.13. The van der Waals surface area contributed by atoms with Crippen molar-refractivity contribution in [1.82, 2.24) is 10.2 Å². The van der Waals surface area contributed by atoms with Gasteiger partial charge in [0.15, 0.2) is 0 Å². The smallest absolute Gasteiger partial charge is 0.255 e. The molecule has 0 unspecified atom stereocenters. The van der Waals surface area contributed by atoms with E-state index in [9.17, 15) is 14.7 Å². The normalized spacial score (nSPS) is 16.4. The van der Waals surface area contributed by atoms with Crippen molar-refractivity contribution in [1.29, 1.82) is 0 Å². The van der Waals surface area contributed by atoms with Crippen molar-refractivity contribution >= 4 is 11.8 Å². The summed E-state index contributed by atoms with van der Waals surface area (Å²) in [5.41, 5.74) is 1.60. The molecule has 0 aromatic heterocycles. The SMILES string of the molecule is COC[C@H](O)CNC(=O)[C@@H](C(C)C)N1Cc2ccccc2C1=O. The van der Waals surface area contributed by atoms with Crippen LogP contribution in [0.3, 0.4) is 0 Å². The molecule has 6 heteroatoms. The highest BCUT2D eigenvalue weighted by Gasteiger charge is 2.37. The fourth-order valence-corrected chi connectivity index (χ4v) is 2.88. The fraction of sp³-hybridized carbons (Fsp3) is 0.529. The molecule has 0 fully saturated rings. The van der Waals surface area contributed by atoms with E-state index in [0.717, 1.165) is 5.56 Å². The highest BCUT2D eigenvalue weighted by molar-refractivity contribution is 6.01. The molecule has 1 aromatic rings. The third kappa shape index (κ3) is 3.89. The summed E-state index contributed by atoms with van der Waals surface area (Å²) in [6.45, 7) is 4.51. The topological polar surface area (TPSA) is 78.9 Å². The Morgan fingerprint density at radius 1 is 1.39 bits per heavy atom. The van der Waals surface area contributed by atoms with E-state index in [2.05, 4.69) is 5.32 Å². The van der Waals surface area contributed by atoms with Crippen LogP contribution in [-0.4, -0.2) is 54.2 Å². The van der Waals surface area contributed by atoms with Crippen molar-refractivity contribution in [2.24, 2.45) is 5.92 Å². The lowest BCUT2D eigenvalue weighted by atomic mass is 10.0. The van der Waals surface area contributed by atoms with Gasteiger partial charge in [-0.25, -0.2) is 0 Å². The number of aliphatic hydroxyl groups is 1. The van der Waals surface area contributed by atoms with Gasteiger partial charge in [0.2, 0.25) is 5.91 Å². The molecule has 2 N–H and O–H groups in total. The van der Waals surface area contributed by atoms with Gasteiger partial charge in [0.1, 0.15) is 6.04 Å². The molecule has 2 atom stereocenters. The first-order valence-electron chi connectivity index (χ1n) is 7.79. The van der Waals surface area contributed by atoms with Crippen molar-refractivity contribution in [2.45, 2.75) is 32.5 Å². The Morgan fingerprint density at radius 3 is 2.70 bits per heavy atom. The Hall–Kier alpha value is -1.92. The maximum absolute atomic E-state index is 12.6. The first-order chi connectivity index (χ1) is 11.0. The molecule has 1 aliphatic rings. The van der Waals surface area contributed by atoms with Crippen molar-refractivity contribution in [3.05, 3.63) is 35.4 Å². The van der Waals surface area contributed by atoms with E-state index < -0.39 is 12.1 Å². The largest absolute Gasteiger partial charge is 0.389 e. The van der Waals surface area contributed by atoms with Crippen LogP contribution in [0, 0.1) is 5.92 Å². The van der Waals surface area contributed by atoms with Crippen LogP contribution in [0.1, 0.15) is 29.8 Å². The molecule has 126 valence electrons. The number of nitrogens with zero attached hydrogens (tertiary/aromatic N) is 1. The minimum Gasteiger partial charge on any atom is -0.389 e. The van der Waals surface area contributed by atoms with Gasteiger partial charge >= 0.3 is 0 Å². The van der Waals surface area contributed by atoms with Gasteiger partial charge in [0.25, 0.3) is 5.91 Å². The van der Waals surface area contributed by atoms with E-state index in [0.29, 0.717) is 12.1 Å². The van der Waals surface area contributed by atoms with Gasteiger partial charge in [-0.15, -0.1) is 0 Å². The van der Waals surface area contributed by atoms with Crippen molar-refractivity contribution in [3.8, 4) is 0 Å². The number of carbonyl (C=O) groups is 2. The van der Waals surface area contributed by atoms with Gasteiger partial charge in [-0.05, 0) is 17.5 Å². The molecule has 0 saturated heterocycles. The molecule has 6 nitrogen and oxygen atoms in total. The minimum absolute atomic E-state index is 0.0344. The molecule has 0 bridgehead atoms. The number of hydrogen-bond acceptors (Lipinski definition) is 4. The average molecular weight is 320 g/mol. The second-order valence-electron chi connectivity index (χ2n) is 6.13. The number of fused-ring (bicyclic) bond motifs is 1. The second kappa shape index (κ2) is 7.57. The number of methoxy groups -OCH3 is 1. The predicted octanol–water partition coefficient (Wildman–Crippen LogP) is 0.790. The first-order valence-corrected chi connectivity index (χ1v) is 7.79. The quantitative estimate of drug-likeness (QED) is 0.778. The zero-order valence-electron chi connectivity index (χ0n) is 13.8. The summed E-state index contributed by atoms with van der Waals surface area (Å²) < 4.78 is 4.84. The van der Waals surface area contributed by atoms with Gasteiger partial charge in [-0.2, -0.15) is 0 Å². The van der Waals surface area contributed by atoms with E-state index in [1.54, 1.807) is 11.0 Å². The molecule has 1 aliphatic heterocycles. The molecule has 1 aromatic carbocycles. The van der Waals surface area contributed by atoms with Gasteiger partial charge in [0, 0.05) is 25.8 Å². The van der Waals surface area contributed by atoms with Gasteiger partial charge in [0.05, 0.1) is 12.7 Å². The number of benzene rings is 1. The maximum Gasteiger partial charge on any atom is 0.255 e. The van der Waals surface area contributed by atoms with E-state index >= 15 is 0 Å². The summed E-state index contributed by atoms with van der Waals surface area (Å²) in [6, 6.07) is 6.84. The summed E-state index contributed by atoms with van der Waals surface area (Å²) in [4.78, 5) is 26.7. The highest BCUT2D eigenvalue weighted by atomic mass is 16.5. The number of carbonyl (C=O) groups excluding carboxylic acids is 2. The third-order valence-electron chi connectivity index (χ3n) is 3.96.